The second kappa shape index (κ2) is 5.19. The third kappa shape index (κ3) is 2.68. The maximum absolute atomic E-state index is 6.20. The summed E-state index contributed by atoms with van der Waals surface area (Å²) >= 11 is 13.0. The molecule has 2 heterocycles. The quantitative estimate of drug-likeness (QED) is 0.858. The van der Waals surface area contributed by atoms with Crippen molar-refractivity contribution in [3.63, 3.8) is 0 Å². The molecule has 0 aliphatic carbocycles. The van der Waals surface area contributed by atoms with Crippen molar-refractivity contribution in [1.29, 1.82) is 0 Å². The zero-order valence-electron chi connectivity index (χ0n) is 8.67. The van der Waals surface area contributed by atoms with Gasteiger partial charge in [0, 0.05) is 32.1 Å². The van der Waals surface area contributed by atoms with Gasteiger partial charge in [0.25, 0.3) is 0 Å². The fourth-order valence-electron chi connectivity index (χ4n) is 1.47. The number of hydrogen-bond donors (Lipinski definition) is 1. The molecular weight excluding hydrogens is 326 g/mol. The van der Waals surface area contributed by atoms with Gasteiger partial charge < -0.3 is 5.73 Å². The van der Waals surface area contributed by atoms with Crippen molar-refractivity contribution in [1.82, 2.24) is 0 Å². The zero-order chi connectivity index (χ0) is 11.7. The van der Waals surface area contributed by atoms with Crippen LogP contribution in [0.5, 0.6) is 0 Å². The SMILES string of the molecule is Cc1csc(C(N)Cc2cc(Br)cs2)c1Cl. The lowest BCUT2D eigenvalue weighted by atomic mass is 10.1. The Bertz CT molecular complexity index is 492. The zero-order valence-corrected chi connectivity index (χ0v) is 12.6. The van der Waals surface area contributed by atoms with Gasteiger partial charge in [-0.1, -0.05) is 11.6 Å². The van der Waals surface area contributed by atoms with Gasteiger partial charge in [0.05, 0.1) is 5.02 Å². The van der Waals surface area contributed by atoms with Crippen LogP contribution in [0.1, 0.15) is 21.4 Å². The highest BCUT2D eigenvalue weighted by atomic mass is 79.9. The average molecular weight is 337 g/mol. The predicted molar refractivity (Wildman–Crippen MR) is 76.7 cm³/mol. The van der Waals surface area contributed by atoms with Crippen molar-refractivity contribution in [2.24, 2.45) is 5.73 Å². The number of thiophene rings is 2. The molecule has 0 spiro atoms. The van der Waals surface area contributed by atoms with E-state index in [2.05, 4.69) is 32.8 Å². The van der Waals surface area contributed by atoms with Gasteiger partial charge in [0.2, 0.25) is 0 Å². The lowest BCUT2D eigenvalue weighted by Gasteiger charge is -2.08. The molecule has 0 aliphatic rings. The summed E-state index contributed by atoms with van der Waals surface area (Å²) in [6.45, 7) is 2.01. The minimum Gasteiger partial charge on any atom is -0.323 e. The van der Waals surface area contributed by atoms with E-state index in [1.54, 1.807) is 22.7 Å². The number of nitrogens with two attached hydrogens (primary N) is 1. The highest BCUT2D eigenvalue weighted by molar-refractivity contribution is 9.10. The van der Waals surface area contributed by atoms with Gasteiger partial charge in [0.15, 0.2) is 0 Å². The van der Waals surface area contributed by atoms with Crippen LogP contribution in [0.4, 0.5) is 0 Å². The first kappa shape index (κ1) is 12.6. The van der Waals surface area contributed by atoms with Crippen molar-refractivity contribution in [3.05, 3.63) is 41.6 Å². The molecule has 0 bridgehead atoms. The largest absolute Gasteiger partial charge is 0.323 e. The van der Waals surface area contributed by atoms with Gasteiger partial charge in [-0.25, -0.2) is 0 Å². The molecule has 2 rings (SSSR count). The van der Waals surface area contributed by atoms with Crippen LogP contribution in [0.2, 0.25) is 5.02 Å². The second-order valence-electron chi connectivity index (χ2n) is 3.64. The molecule has 1 nitrogen and oxygen atoms in total. The lowest BCUT2D eigenvalue weighted by Crippen LogP contribution is -2.11. The molecule has 2 aromatic rings. The van der Waals surface area contributed by atoms with Gasteiger partial charge in [-0.2, -0.15) is 0 Å². The van der Waals surface area contributed by atoms with Gasteiger partial charge in [-0.15, -0.1) is 22.7 Å². The summed E-state index contributed by atoms with van der Waals surface area (Å²) in [7, 11) is 0. The lowest BCUT2D eigenvalue weighted by molar-refractivity contribution is 0.745. The van der Waals surface area contributed by atoms with Crippen LogP contribution in [0.3, 0.4) is 0 Å². The van der Waals surface area contributed by atoms with E-state index in [-0.39, 0.29) is 6.04 Å². The van der Waals surface area contributed by atoms with E-state index in [4.69, 9.17) is 17.3 Å². The number of aryl methyl sites for hydroxylation is 1. The Balaban J connectivity index is 2.14. The first-order valence-corrected chi connectivity index (χ1v) is 7.73. The van der Waals surface area contributed by atoms with Crippen LogP contribution in [0, 0.1) is 6.92 Å². The Morgan fingerprint density at radius 1 is 1.44 bits per heavy atom. The minimum atomic E-state index is -0.00301. The molecule has 5 heteroatoms. The standard InChI is InChI=1S/C11H11BrClNS2/c1-6-4-16-11(10(6)13)9(14)3-8-2-7(12)5-15-8/h2,4-5,9H,3,14H2,1H3. The molecule has 0 saturated carbocycles. The number of rotatable bonds is 3. The van der Waals surface area contributed by atoms with E-state index < -0.39 is 0 Å². The van der Waals surface area contributed by atoms with Gasteiger partial charge in [0.1, 0.15) is 0 Å². The van der Waals surface area contributed by atoms with Gasteiger partial charge >= 0.3 is 0 Å². The van der Waals surface area contributed by atoms with Crippen LogP contribution in [-0.2, 0) is 6.42 Å². The molecule has 0 amide bonds. The summed E-state index contributed by atoms with van der Waals surface area (Å²) < 4.78 is 1.12. The Morgan fingerprint density at radius 2 is 2.19 bits per heavy atom. The summed E-state index contributed by atoms with van der Waals surface area (Å²) in [6.07, 6.45) is 0.843. The molecule has 0 aliphatic heterocycles. The highest BCUT2D eigenvalue weighted by Crippen LogP contribution is 2.34. The van der Waals surface area contributed by atoms with Crippen LogP contribution in [0.15, 0.2) is 21.3 Å². The predicted octanol–water partition coefficient (Wildman–Crippen LogP) is 4.78. The minimum absolute atomic E-state index is 0.00301. The van der Waals surface area contributed by atoms with Crippen molar-refractivity contribution >= 4 is 50.2 Å². The molecule has 0 radical (unpaired) electrons. The van der Waals surface area contributed by atoms with Crippen LogP contribution >= 0.6 is 50.2 Å². The molecule has 2 aromatic heterocycles. The van der Waals surface area contributed by atoms with E-state index in [1.165, 1.54) is 4.88 Å². The molecule has 0 aromatic carbocycles. The Hall–Kier alpha value is 0.130. The maximum Gasteiger partial charge on any atom is 0.0590 e. The summed E-state index contributed by atoms with van der Waals surface area (Å²) in [4.78, 5) is 2.37. The second-order valence-corrected chi connectivity index (χ2v) is 6.84. The van der Waals surface area contributed by atoms with E-state index >= 15 is 0 Å². The van der Waals surface area contributed by atoms with Gasteiger partial charge in [-0.3, -0.25) is 0 Å². The Kier molecular flexibility index (Phi) is 4.08. The molecule has 1 atom stereocenters. The van der Waals surface area contributed by atoms with Crippen LogP contribution < -0.4 is 5.73 Å². The molecule has 1 unspecified atom stereocenters. The summed E-state index contributed by atoms with van der Waals surface area (Å²) in [5.41, 5.74) is 7.28. The van der Waals surface area contributed by atoms with E-state index in [0.717, 1.165) is 26.4 Å². The van der Waals surface area contributed by atoms with Gasteiger partial charge in [-0.05, 0) is 39.9 Å². The Labute approximate surface area is 116 Å². The highest BCUT2D eigenvalue weighted by Gasteiger charge is 2.15. The van der Waals surface area contributed by atoms with Crippen molar-refractivity contribution in [2.45, 2.75) is 19.4 Å². The third-order valence-electron chi connectivity index (χ3n) is 2.30. The van der Waals surface area contributed by atoms with Crippen molar-refractivity contribution in [2.75, 3.05) is 0 Å². The first-order chi connectivity index (χ1) is 7.58. The number of hydrogen-bond acceptors (Lipinski definition) is 3. The summed E-state index contributed by atoms with van der Waals surface area (Å²) in [5.74, 6) is 0. The van der Waals surface area contributed by atoms with E-state index in [1.807, 2.05) is 6.92 Å². The molecular formula is C11H11BrClNS2. The summed E-state index contributed by atoms with van der Waals surface area (Å²) in [5, 5.41) is 4.96. The smallest absolute Gasteiger partial charge is 0.0590 e. The molecule has 0 fully saturated rings. The van der Waals surface area contributed by atoms with Crippen molar-refractivity contribution < 1.29 is 0 Å². The first-order valence-electron chi connectivity index (χ1n) is 4.80. The fraction of sp³-hybridized carbons (Fsp3) is 0.273. The topological polar surface area (TPSA) is 26.0 Å². The maximum atomic E-state index is 6.20. The average Bonchev–Trinajstić information content (AvgIpc) is 2.76. The molecule has 2 N–H and O–H groups in total. The summed E-state index contributed by atoms with van der Waals surface area (Å²) in [6, 6.07) is 2.11. The third-order valence-corrected chi connectivity index (χ3v) is 5.87. The molecule has 16 heavy (non-hydrogen) atoms. The molecule has 86 valence electrons. The number of halogens is 2. The Morgan fingerprint density at radius 3 is 2.69 bits per heavy atom. The monoisotopic (exact) mass is 335 g/mol. The molecule has 0 saturated heterocycles. The fourth-order valence-corrected chi connectivity index (χ4v) is 4.32. The van der Waals surface area contributed by atoms with Crippen LogP contribution in [0.25, 0.3) is 0 Å². The van der Waals surface area contributed by atoms with E-state index in [0.29, 0.717) is 0 Å². The van der Waals surface area contributed by atoms with Crippen LogP contribution in [-0.4, -0.2) is 0 Å². The normalized spacial score (nSPS) is 13.0. The van der Waals surface area contributed by atoms with Crippen molar-refractivity contribution in [3.8, 4) is 0 Å². The van der Waals surface area contributed by atoms with E-state index in [9.17, 15) is 0 Å².